The van der Waals surface area contributed by atoms with Gasteiger partial charge in [0, 0.05) is 11.4 Å². The SMILES string of the molecule is O=C(NC1(CCl)CCC1)c1ccc(O)c(O)c1. The Morgan fingerprint density at radius 2 is 2.06 bits per heavy atom. The van der Waals surface area contributed by atoms with Crippen molar-refractivity contribution in [3.63, 3.8) is 0 Å². The van der Waals surface area contributed by atoms with E-state index in [1.807, 2.05) is 0 Å². The fourth-order valence-electron chi connectivity index (χ4n) is 1.87. The summed E-state index contributed by atoms with van der Waals surface area (Å²) in [5, 5.41) is 21.4. The second-order valence-electron chi connectivity index (χ2n) is 4.43. The molecule has 5 heteroatoms. The third kappa shape index (κ3) is 2.31. The number of amides is 1. The van der Waals surface area contributed by atoms with Crippen LogP contribution in [0.25, 0.3) is 0 Å². The molecule has 1 aliphatic rings. The highest BCUT2D eigenvalue weighted by molar-refractivity contribution is 6.19. The van der Waals surface area contributed by atoms with Crippen LogP contribution in [-0.4, -0.2) is 27.5 Å². The Labute approximate surface area is 104 Å². The Balaban J connectivity index is 2.11. The van der Waals surface area contributed by atoms with E-state index in [2.05, 4.69) is 5.32 Å². The predicted octanol–water partition coefficient (Wildman–Crippen LogP) is 1.99. The van der Waals surface area contributed by atoms with Gasteiger partial charge in [0.05, 0.1) is 5.54 Å². The minimum absolute atomic E-state index is 0.239. The van der Waals surface area contributed by atoms with Crippen LogP contribution in [0.2, 0.25) is 0 Å². The fraction of sp³-hybridized carbons (Fsp3) is 0.417. The van der Waals surface area contributed by atoms with Crippen LogP contribution in [-0.2, 0) is 0 Å². The number of halogens is 1. The van der Waals surface area contributed by atoms with Crippen molar-refractivity contribution in [1.29, 1.82) is 0 Å². The van der Waals surface area contributed by atoms with Crippen molar-refractivity contribution in [2.24, 2.45) is 0 Å². The summed E-state index contributed by atoms with van der Waals surface area (Å²) < 4.78 is 0. The summed E-state index contributed by atoms with van der Waals surface area (Å²) in [7, 11) is 0. The summed E-state index contributed by atoms with van der Waals surface area (Å²) in [5.74, 6) is -0.424. The second-order valence-corrected chi connectivity index (χ2v) is 4.69. The lowest BCUT2D eigenvalue weighted by atomic mass is 9.78. The number of hydrogen-bond acceptors (Lipinski definition) is 3. The molecular formula is C12H14ClNO3. The Morgan fingerprint density at radius 3 is 2.53 bits per heavy atom. The average Bonchev–Trinajstić information content (AvgIpc) is 2.27. The van der Waals surface area contributed by atoms with Gasteiger partial charge in [0.1, 0.15) is 0 Å². The number of rotatable bonds is 3. The van der Waals surface area contributed by atoms with E-state index in [0.29, 0.717) is 11.4 Å². The van der Waals surface area contributed by atoms with Crippen molar-refractivity contribution in [2.75, 3.05) is 5.88 Å². The minimum atomic E-state index is -0.300. The highest BCUT2D eigenvalue weighted by Gasteiger charge is 2.37. The van der Waals surface area contributed by atoms with E-state index >= 15 is 0 Å². The first kappa shape index (κ1) is 12.0. The molecule has 1 fully saturated rings. The standard InChI is InChI=1S/C12H14ClNO3/c13-7-12(4-1-5-12)14-11(17)8-2-3-9(15)10(16)6-8/h2-3,6,15-16H,1,4-5,7H2,(H,14,17). The molecule has 4 nitrogen and oxygen atoms in total. The van der Waals surface area contributed by atoms with E-state index < -0.39 is 0 Å². The number of carbonyl (C=O) groups excluding carboxylic acids is 1. The summed E-state index contributed by atoms with van der Waals surface area (Å²) in [5.41, 5.74) is 0.0169. The zero-order valence-corrected chi connectivity index (χ0v) is 10.00. The maximum atomic E-state index is 11.9. The Hall–Kier alpha value is -1.42. The van der Waals surface area contributed by atoms with Crippen LogP contribution in [0.5, 0.6) is 11.5 Å². The topological polar surface area (TPSA) is 69.6 Å². The zero-order chi connectivity index (χ0) is 12.5. The quantitative estimate of drug-likeness (QED) is 0.571. The lowest BCUT2D eigenvalue weighted by molar-refractivity contribution is 0.0853. The predicted molar refractivity (Wildman–Crippen MR) is 64.5 cm³/mol. The number of nitrogens with one attached hydrogen (secondary N) is 1. The maximum Gasteiger partial charge on any atom is 0.251 e. The number of aromatic hydroxyl groups is 2. The van der Waals surface area contributed by atoms with E-state index in [1.54, 1.807) is 0 Å². The molecule has 0 bridgehead atoms. The van der Waals surface area contributed by atoms with Gasteiger partial charge in [0.2, 0.25) is 0 Å². The lowest BCUT2D eigenvalue weighted by Gasteiger charge is -2.41. The number of hydrogen-bond donors (Lipinski definition) is 3. The summed E-state index contributed by atoms with van der Waals surface area (Å²) in [4.78, 5) is 11.9. The van der Waals surface area contributed by atoms with Crippen molar-refractivity contribution >= 4 is 17.5 Å². The molecule has 1 amide bonds. The van der Waals surface area contributed by atoms with Gasteiger partial charge in [-0.2, -0.15) is 0 Å². The molecule has 1 aromatic rings. The van der Waals surface area contributed by atoms with E-state index in [4.69, 9.17) is 16.7 Å². The molecule has 0 saturated heterocycles. The number of phenolic OH excluding ortho intramolecular Hbond substituents is 2. The van der Waals surface area contributed by atoms with Crippen molar-refractivity contribution < 1.29 is 15.0 Å². The zero-order valence-electron chi connectivity index (χ0n) is 9.24. The first-order valence-corrected chi connectivity index (χ1v) is 6.00. The van der Waals surface area contributed by atoms with Crippen LogP contribution in [0.1, 0.15) is 29.6 Å². The number of phenols is 2. The van der Waals surface area contributed by atoms with Crippen molar-refractivity contribution in [3.8, 4) is 11.5 Å². The molecule has 2 rings (SSSR count). The normalized spacial score (nSPS) is 17.2. The van der Waals surface area contributed by atoms with Crippen molar-refractivity contribution in [2.45, 2.75) is 24.8 Å². The van der Waals surface area contributed by atoms with Crippen LogP contribution in [0.3, 0.4) is 0 Å². The summed E-state index contributed by atoms with van der Waals surface area (Å²) >= 11 is 5.84. The van der Waals surface area contributed by atoms with Gasteiger partial charge in [-0.05, 0) is 37.5 Å². The van der Waals surface area contributed by atoms with Crippen LogP contribution in [0, 0.1) is 0 Å². The number of benzene rings is 1. The van der Waals surface area contributed by atoms with Gasteiger partial charge in [-0.25, -0.2) is 0 Å². The highest BCUT2D eigenvalue weighted by atomic mass is 35.5. The average molecular weight is 256 g/mol. The highest BCUT2D eigenvalue weighted by Crippen LogP contribution is 2.33. The maximum absolute atomic E-state index is 11.9. The number of carbonyl (C=O) groups is 1. The Kier molecular flexibility index (Phi) is 3.15. The first-order chi connectivity index (χ1) is 8.06. The van der Waals surface area contributed by atoms with Gasteiger partial charge >= 0.3 is 0 Å². The van der Waals surface area contributed by atoms with Gasteiger partial charge in [-0.1, -0.05) is 0 Å². The van der Waals surface area contributed by atoms with Crippen LogP contribution < -0.4 is 5.32 Å². The largest absolute Gasteiger partial charge is 0.504 e. The molecule has 0 aromatic heterocycles. The fourth-order valence-corrected chi connectivity index (χ4v) is 2.21. The summed E-state index contributed by atoms with van der Waals surface area (Å²) in [6, 6.07) is 3.99. The van der Waals surface area contributed by atoms with Crippen LogP contribution >= 0.6 is 11.6 Å². The molecule has 0 heterocycles. The first-order valence-electron chi connectivity index (χ1n) is 5.47. The van der Waals surface area contributed by atoms with Gasteiger partial charge in [0.25, 0.3) is 5.91 Å². The molecule has 92 valence electrons. The molecule has 0 aliphatic heterocycles. The van der Waals surface area contributed by atoms with Gasteiger partial charge in [0.15, 0.2) is 11.5 Å². The van der Waals surface area contributed by atoms with Crippen molar-refractivity contribution in [1.82, 2.24) is 5.32 Å². The number of alkyl halides is 1. The third-order valence-electron chi connectivity index (χ3n) is 3.18. The molecule has 1 aliphatic carbocycles. The van der Waals surface area contributed by atoms with E-state index in [-0.39, 0.29) is 22.9 Å². The van der Waals surface area contributed by atoms with Crippen LogP contribution in [0.15, 0.2) is 18.2 Å². The lowest BCUT2D eigenvalue weighted by Crippen LogP contribution is -2.55. The Bertz CT molecular complexity index is 438. The molecule has 1 aromatic carbocycles. The third-order valence-corrected chi connectivity index (χ3v) is 3.69. The molecular weight excluding hydrogens is 242 g/mol. The molecule has 3 N–H and O–H groups in total. The van der Waals surface area contributed by atoms with Gasteiger partial charge in [-0.3, -0.25) is 4.79 Å². The van der Waals surface area contributed by atoms with Crippen molar-refractivity contribution in [3.05, 3.63) is 23.8 Å². The molecule has 0 unspecified atom stereocenters. The van der Waals surface area contributed by atoms with E-state index in [0.717, 1.165) is 19.3 Å². The summed E-state index contributed by atoms with van der Waals surface area (Å²) in [6.07, 6.45) is 2.83. The van der Waals surface area contributed by atoms with Crippen LogP contribution in [0.4, 0.5) is 0 Å². The molecule has 0 atom stereocenters. The smallest absolute Gasteiger partial charge is 0.251 e. The second kappa shape index (κ2) is 4.45. The molecule has 0 radical (unpaired) electrons. The molecule has 0 spiro atoms. The van der Waals surface area contributed by atoms with Gasteiger partial charge < -0.3 is 15.5 Å². The minimum Gasteiger partial charge on any atom is -0.504 e. The monoisotopic (exact) mass is 255 g/mol. The van der Waals surface area contributed by atoms with E-state index in [9.17, 15) is 9.90 Å². The summed E-state index contributed by atoms with van der Waals surface area (Å²) in [6.45, 7) is 0. The molecule has 17 heavy (non-hydrogen) atoms. The Morgan fingerprint density at radius 1 is 1.35 bits per heavy atom. The van der Waals surface area contributed by atoms with E-state index in [1.165, 1.54) is 18.2 Å². The molecule has 1 saturated carbocycles. The van der Waals surface area contributed by atoms with Gasteiger partial charge in [-0.15, -0.1) is 11.6 Å².